The smallest absolute Gasteiger partial charge is 0.118 e. The fourth-order valence-electron chi connectivity index (χ4n) is 1.82. The molecule has 2 nitrogen and oxygen atoms in total. The second-order valence-electron chi connectivity index (χ2n) is 3.46. The molecule has 0 spiro atoms. The maximum atomic E-state index is 5.12. The Kier molecular flexibility index (Phi) is 4.23. The summed E-state index contributed by atoms with van der Waals surface area (Å²) in [5.41, 5.74) is 1.42. The van der Waals surface area contributed by atoms with Gasteiger partial charge in [0.15, 0.2) is 0 Å². The average molecular weight is 214 g/mol. The highest BCUT2D eigenvalue weighted by molar-refractivity contribution is 5.85. The van der Waals surface area contributed by atoms with Crippen molar-refractivity contribution in [2.24, 2.45) is 0 Å². The van der Waals surface area contributed by atoms with Gasteiger partial charge in [0, 0.05) is 6.54 Å². The fraction of sp³-hybridized carbons (Fsp3) is 0.455. The van der Waals surface area contributed by atoms with E-state index in [1.165, 1.54) is 12.0 Å². The lowest BCUT2D eigenvalue weighted by atomic mass is 9.99. The van der Waals surface area contributed by atoms with Crippen molar-refractivity contribution in [1.29, 1.82) is 0 Å². The molecule has 1 atom stereocenters. The Morgan fingerprint density at radius 2 is 2.00 bits per heavy atom. The number of halogens is 1. The van der Waals surface area contributed by atoms with E-state index in [2.05, 4.69) is 17.4 Å². The summed E-state index contributed by atoms with van der Waals surface area (Å²) in [6.45, 7) is 2.27. The van der Waals surface area contributed by atoms with Crippen molar-refractivity contribution < 1.29 is 4.74 Å². The summed E-state index contributed by atoms with van der Waals surface area (Å²) in [4.78, 5) is 0. The monoisotopic (exact) mass is 213 g/mol. The van der Waals surface area contributed by atoms with E-state index < -0.39 is 0 Å². The maximum Gasteiger partial charge on any atom is 0.118 e. The molecule has 1 aromatic rings. The van der Waals surface area contributed by atoms with Crippen LogP contribution in [0.15, 0.2) is 24.3 Å². The Balaban J connectivity index is 0.000000980. The van der Waals surface area contributed by atoms with Crippen LogP contribution in [0, 0.1) is 0 Å². The standard InChI is InChI=1S/C11H15NO.ClH/c1-13-11-4-2-9(3-5-11)10-6-7-12-8-10;/h2-5,10,12H,6-8H2,1H3;1H. The lowest BCUT2D eigenvalue weighted by Crippen LogP contribution is -2.07. The van der Waals surface area contributed by atoms with Crippen molar-refractivity contribution >= 4 is 12.4 Å². The van der Waals surface area contributed by atoms with Gasteiger partial charge >= 0.3 is 0 Å². The summed E-state index contributed by atoms with van der Waals surface area (Å²) >= 11 is 0. The van der Waals surface area contributed by atoms with Gasteiger partial charge in [0.1, 0.15) is 5.75 Å². The molecule has 1 aromatic carbocycles. The van der Waals surface area contributed by atoms with Gasteiger partial charge < -0.3 is 10.1 Å². The largest absolute Gasteiger partial charge is 0.497 e. The average Bonchev–Trinajstić information content (AvgIpc) is 2.71. The van der Waals surface area contributed by atoms with Crippen molar-refractivity contribution in [1.82, 2.24) is 5.32 Å². The van der Waals surface area contributed by atoms with Crippen LogP contribution in [0.1, 0.15) is 17.9 Å². The molecule has 1 aliphatic rings. The third kappa shape index (κ3) is 2.40. The molecule has 1 saturated heterocycles. The maximum absolute atomic E-state index is 5.12. The Morgan fingerprint density at radius 3 is 2.50 bits per heavy atom. The molecule has 3 heteroatoms. The lowest BCUT2D eigenvalue weighted by Gasteiger charge is -2.08. The number of rotatable bonds is 2. The highest BCUT2D eigenvalue weighted by Crippen LogP contribution is 2.23. The number of methoxy groups -OCH3 is 1. The normalized spacial score (nSPS) is 20.2. The minimum Gasteiger partial charge on any atom is -0.497 e. The Bertz CT molecular complexity index is 267. The summed E-state index contributed by atoms with van der Waals surface area (Å²) in [6, 6.07) is 8.40. The first-order chi connectivity index (χ1) is 6.40. The minimum absolute atomic E-state index is 0. The van der Waals surface area contributed by atoms with E-state index in [1.807, 2.05) is 12.1 Å². The van der Waals surface area contributed by atoms with Crippen LogP contribution in [-0.2, 0) is 0 Å². The van der Waals surface area contributed by atoms with Crippen LogP contribution < -0.4 is 10.1 Å². The summed E-state index contributed by atoms with van der Waals surface area (Å²) in [5, 5.41) is 3.37. The van der Waals surface area contributed by atoms with Gasteiger partial charge in [-0.05, 0) is 36.6 Å². The zero-order valence-corrected chi connectivity index (χ0v) is 9.14. The van der Waals surface area contributed by atoms with E-state index in [-0.39, 0.29) is 12.4 Å². The van der Waals surface area contributed by atoms with Crippen LogP contribution in [-0.4, -0.2) is 20.2 Å². The van der Waals surface area contributed by atoms with Crippen molar-refractivity contribution in [3.8, 4) is 5.75 Å². The topological polar surface area (TPSA) is 21.3 Å². The quantitative estimate of drug-likeness (QED) is 0.814. The second kappa shape index (κ2) is 5.23. The Hall–Kier alpha value is -0.730. The van der Waals surface area contributed by atoms with Crippen LogP contribution in [0.4, 0.5) is 0 Å². The molecule has 0 saturated carbocycles. The van der Waals surface area contributed by atoms with E-state index in [0.29, 0.717) is 5.92 Å². The van der Waals surface area contributed by atoms with Crippen molar-refractivity contribution in [3.63, 3.8) is 0 Å². The summed E-state index contributed by atoms with van der Waals surface area (Å²) in [7, 11) is 1.70. The highest BCUT2D eigenvalue weighted by Gasteiger charge is 2.15. The molecule has 14 heavy (non-hydrogen) atoms. The van der Waals surface area contributed by atoms with Gasteiger partial charge in [0.25, 0.3) is 0 Å². The molecule has 0 amide bonds. The van der Waals surface area contributed by atoms with Gasteiger partial charge in [0.2, 0.25) is 0 Å². The molecule has 1 heterocycles. The van der Waals surface area contributed by atoms with Crippen LogP contribution in [0.3, 0.4) is 0 Å². The number of hydrogen-bond donors (Lipinski definition) is 1. The molecule has 78 valence electrons. The molecule has 0 aromatic heterocycles. The Morgan fingerprint density at radius 1 is 1.29 bits per heavy atom. The zero-order valence-electron chi connectivity index (χ0n) is 8.32. The second-order valence-corrected chi connectivity index (χ2v) is 3.46. The van der Waals surface area contributed by atoms with Gasteiger partial charge in [-0.25, -0.2) is 0 Å². The molecular weight excluding hydrogens is 198 g/mol. The van der Waals surface area contributed by atoms with Crippen LogP contribution in [0.5, 0.6) is 5.75 Å². The van der Waals surface area contributed by atoms with Gasteiger partial charge in [0.05, 0.1) is 7.11 Å². The van der Waals surface area contributed by atoms with E-state index in [4.69, 9.17) is 4.74 Å². The number of nitrogens with one attached hydrogen (secondary N) is 1. The Labute approximate surface area is 91.1 Å². The predicted octanol–water partition coefficient (Wildman–Crippen LogP) is 2.19. The van der Waals surface area contributed by atoms with Crippen LogP contribution >= 0.6 is 12.4 Å². The molecule has 1 fully saturated rings. The third-order valence-corrected chi connectivity index (χ3v) is 2.65. The fourth-order valence-corrected chi connectivity index (χ4v) is 1.82. The zero-order chi connectivity index (χ0) is 9.10. The molecule has 2 rings (SSSR count). The van der Waals surface area contributed by atoms with Gasteiger partial charge in [-0.2, -0.15) is 0 Å². The van der Waals surface area contributed by atoms with E-state index in [1.54, 1.807) is 7.11 Å². The number of benzene rings is 1. The minimum atomic E-state index is 0. The van der Waals surface area contributed by atoms with Crippen LogP contribution in [0.25, 0.3) is 0 Å². The summed E-state index contributed by atoms with van der Waals surface area (Å²) in [5.74, 6) is 1.64. The third-order valence-electron chi connectivity index (χ3n) is 2.65. The van der Waals surface area contributed by atoms with Crippen molar-refractivity contribution in [2.75, 3.05) is 20.2 Å². The summed E-state index contributed by atoms with van der Waals surface area (Å²) in [6.07, 6.45) is 1.26. The SMILES string of the molecule is COc1ccc(C2CCNC2)cc1.Cl. The predicted molar refractivity (Wildman–Crippen MR) is 60.5 cm³/mol. The first-order valence-electron chi connectivity index (χ1n) is 4.75. The number of hydrogen-bond acceptors (Lipinski definition) is 2. The number of ether oxygens (including phenoxy) is 1. The van der Waals surface area contributed by atoms with E-state index in [0.717, 1.165) is 18.8 Å². The van der Waals surface area contributed by atoms with E-state index >= 15 is 0 Å². The first-order valence-corrected chi connectivity index (χ1v) is 4.75. The molecule has 0 radical (unpaired) electrons. The molecule has 0 aliphatic carbocycles. The molecule has 1 unspecified atom stereocenters. The van der Waals surface area contributed by atoms with E-state index in [9.17, 15) is 0 Å². The molecular formula is C11H16ClNO. The van der Waals surface area contributed by atoms with Gasteiger partial charge in [-0.1, -0.05) is 12.1 Å². The molecule has 1 N–H and O–H groups in total. The lowest BCUT2D eigenvalue weighted by molar-refractivity contribution is 0.414. The summed E-state index contributed by atoms with van der Waals surface area (Å²) < 4.78 is 5.12. The highest BCUT2D eigenvalue weighted by atomic mass is 35.5. The van der Waals surface area contributed by atoms with Gasteiger partial charge in [-0.15, -0.1) is 12.4 Å². The van der Waals surface area contributed by atoms with Gasteiger partial charge in [-0.3, -0.25) is 0 Å². The molecule has 1 aliphatic heterocycles. The van der Waals surface area contributed by atoms with Crippen molar-refractivity contribution in [2.45, 2.75) is 12.3 Å². The molecule has 0 bridgehead atoms. The first kappa shape index (κ1) is 11.3. The van der Waals surface area contributed by atoms with Crippen LogP contribution in [0.2, 0.25) is 0 Å². The van der Waals surface area contributed by atoms with Crippen molar-refractivity contribution in [3.05, 3.63) is 29.8 Å².